The van der Waals surface area contributed by atoms with Crippen molar-refractivity contribution in [2.75, 3.05) is 37.7 Å². The molecular formula is C29H27ClF2N6O2. The monoisotopic (exact) mass is 564 g/mol. The molecule has 0 aliphatic carbocycles. The molecular weight excluding hydrogens is 538 g/mol. The van der Waals surface area contributed by atoms with Gasteiger partial charge in [0.15, 0.2) is 11.6 Å². The van der Waals surface area contributed by atoms with Crippen LogP contribution in [0.1, 0.15) is 23.5 Å². The van der Waals surface area contributed by atoms with E-state index in [2.05, 4.69) is 25.4 Å². The highest BCUT2D eigenvalue weighted by Gasteiger charge is 2.25. The van der Waals surface area contributed by atoms with Gasteiger partial charge in [-0.3, -0.25) is 4.90 Å². The summed E-state index contributed by atoms with van der Waals surface area (Å²) in [7, 11) is 0. The number of nitriles is 1. The first-order valence-corrected chi connectivity index (χ1v) is 13.5. The number of benzene rings is 2. The minimum Gasteiger partial charge on any atom is -0.486 e. The van der Waals surface area contributed by atoms with Crippen molar-refractivity contribution >= 4 is 28.3 Å². The topological polar surface area (TPSA) is 79.4 Å². The molecule has 4 aromatic rings. The van der Waals surface area contributed by atoms with E-state index in [0.717, 1.165) is 61.8 Å². The van der Waals surface area contributed by atoms with E-state index in [1.165, 1.54) is 18.2 Å². The minimum atomic E-state index is -0.500. The number of hydrogen-bond acceptors (Lipinski definition) is 7. The number of aromatic nitrogens is 3. The Hall–Kier alpha value is -3.78. The van der Waals surface area contributed by atoms with Gasteiger partial charge in [0.25, 0.3) is 0 Å². The molecule has 8 nitrogen and oxygen atoms in total. The molecule has 1 unspecified atom stereocenters. The van der Waals surface area contributed by atoms with Gasteiger partial charge in [0.05, 0.1) is 36.4 Å². The van der Waals surface area contributed by atoms with Crippen LogP contribution in [0.15, 0.2) is 48.7 Å². The first-order chi connectivity index (χ1) is 19.5. The quantitative estimate of drug-likeness (QED) is 0.300. The molecule has 0 saturated carbocycles. The lowest BCUT2D eigenvalue weighted by atomic mass is 10.2. The molecule has 206 valence electrons. The van der Waals surface area contributed by atoms with E-state index in [9.17, 15) is 14.0 Å². The molecule has 40 heavy (non-hydrogen) atoms. The molecule has 0 N–H and O–H groups in total. The summed E-state index contributed by atoms with van der Waals surface area (Å²) < 4.78 is 42.1. The fraction of sp³-hybridized carbons (Fsp3) is 0.345. The van der Waals surface area contributed by atoms with Crippen LogP contribution in [0.25, 0.3) is 11.0 Å². The summed E-state index contributed by atoms with van der Waals surface area (Å²) in [4.78, 5) is 13.6. The van der Waals surface area contributed by atoms with E-state index in [-0.39, 0.29) is 18.5 Å². The lowest BCUT2D eigenvalue weighted by Gasteiger charge is -2.36. The Balaban J connectivity index is 1.12. The predicted molar refractivity (Wildman–Crippen MR) is 146 cm³/mol. The summed E-state index contributed by atoms with van der Waals surface area (Å²) in [5.41, 5.74) is 3.16. The second-order valence-electron chi connectivity index (χ2n) is 9.99. The average Bonchev–Trinajstić information content (AvgIpc) is 3.27. The molecule has 2 aliphatic heterocycles. The van der Waals surface area contributed by atoms with Crippen molar-refractivity contribution in [1.82, 2.24) is 19.4 Å². The molecule has 2 aromatic carbocycles. The maximum absolute atomic E-state index is 14.5. The normalized spacial score (nSPS) is 17.6. The summed E-state index contributed by atoms with van der Waals surface area (Å²) in [5, 5.41) is 9.55. The lowest BCUT2D eigenvalue weighted by molar-refractivity contribution is -0.0592. The van der Waals surface area contributed by atoms with Gasteiger partial charge in [-0.2, -0.15) is 5.26 Å². The van der Waals surface area contributed by atoms with E-state index in [1.807, 2.05) is 0 Å². The molecule has 0 bridgehead atoms. The predicted octanol–water partition coefficient (Wildman–Crippen LogP) is 4.92. The fourth-order valence-corrected chi connectivity index (χ4v) is 5.21. The van der Waals surface area contributed by atoms with Crippen LogP contribution in [-0.2, 0) is 24.4 Å². The second-order valence-corrected chi connectivity index (χ2v) is 10.4. The van der Waals surface area contributed by atoms with Crippen molar-refractivity contribution in [2.45, 2.75) is 32.2 Å². The number of piperazine rings is 1. The van der Waals surface area contributed by atoms with Gasteiger partial charge < -0.3 is 18.9 Å². The number of rotatable bonds is 8. The third kappa shape index (κ3) is 5.59. The number of fused-ring (bicyclic) bond motifs is 1. The number of nitrogens with zero attached hydrogens (tertiary/aromatic N) is 6. The number of anilines is 1. The zero-order valence-corrected chi connectivity index (χ0v) is 22.4. The highest BCUT2D eigenvalue weighted by molar-refractivity contribution is 6.30. The molecule has 2 aliphatic rings. The number of hydrogen-bond donors (Lipinski definition) is 0. The van der Waals surface area contributed by atoms with Crippen molar-refractivity contribution in [3.8, 4) is 11.8 Å². The molecule has 2 saturated heterocycles. The second kappa shape index (κ2) is 11.4. The molecule has 1 atom stereocenters. The van der Waals surface area contributed by atoms with Crippen LogP contribution in [0.3, 0.4) is 0 Å². The van der Waals surface area contributed by atoms with Gasteiger partial charge in [0.1, 0.15) is 30.0 Å². The Morgan fingerprint density at radius 3 is 2.62 bits per heavy atom. The first-order valence-electron chi connectivity index (χ1n) is 13.2. The fourth-order valence-electron chi connectivity index (χ4n) is 5.05. The van der Waals surface area contributed by atoms with E-state index < -0.39 is 11.6 Å². The van der Waals surface area contributed by atoms with Crippen molar-refractivity contribution in [2.24, 2.45) is 0 Å². The standard InChI is InChI=1S/C29H27ClF2N6O2/c30-20-2-1-19(25(32)11-20)18-40-28-13-22(3-4-24(28)31)37-8-6-36(7-9-37)17-29-35-26-12-21(14-33)34-15-27(26)38(29)16-23-5-10-39-23/h1-4,11-13,15,23H,5-10,16-18H2. The van der Waals surface area contributed by atoms with Gasteiger partial charge in [0, 0.05) is 61.2 Å². The average molecular weight is 565 g/mol. The Morgan fingerprint density at radius 1 is 1.07 bits per heavy atom. The van der Waals surface area contributed by atoms with Crippen molar-refractivity contribution in [3.05, 3.63) is 82.4 Å². The molecule has 0 amide bonds. The Bertz CT molecular complexity index is 1580. The highest BCUT2D eigenvalue weighted by Crippen LogP contribution is 2.28. The van der Waals surface area contributed by atoms with Gasteiger partial charge in [0.2, 0.25) is 0 Å². The summed E-state index contributed by atoms with van der Waals surface area (Å²) in [5.74, 6) is 0.00476. The van der Waals surface area contributed by atoms with Crippen molar-refractivity contribution in [1.29, 1.82) is 5.26 Å². The minimum absolute atomic E-state index is 0.0755. The largest absolute Gasteiger partial charge is 0.486 e. The van der Waals surface area contributed by atoms with E-state index in [1.54, 1.807) is 30.5 Å². The van der Waals surface area contributed by atoms with E-state index in [4.69, 9.17) is 26.1 Å². The third-order valence-electron chi connectivity index (χ3n) is 7.42. The summed E-state index contributed by atoms with van der Waals surface area (Å²) in [6.07, 6.45) is 2.89. The zero-order chi connectivity index (χ0) is 27.6. The van der Waals surface area contributed by atoms with Gasteiger partial charge in [-0.1, -0.05) is 17.7 Å². The van der Waals surface area contributed by atoms with Crippen molar-refractivity contribution in [3.63, 3.8) is 0 Å². The first kappa shape index (κ1) is 26.4. The van der Waals surface area contributed by atoms with Crippen molar-refractivity contribution < 1.29 is 18.3 Å². The van der Waals surface area contributed by atoms with Crippen LogP contribution in [0, 0.1) is 23.0 Å². The molecule has 11 heteroatoms. The molecule has 4 heterocycles. The molecule has 2 fully saturated rings. The van der Waals surface area contributed by atoms with Gasteiger partial charge in [-0.05, 0) is 30.7 Å². The summed E-state index contributed by atoms with van der Waals surface area (Å²) in [6, 6.07) is 12.9. The van der Waals surface area contributed by atoms with Crippen LogP contribution >= 0.6 is 11.6 Å². The van der Waals surface area contributed by atoms with Gasteiger partial charge in [-0.25, -0.2) is 18.7 Å². The molecule has 0 radical (unpaired) electrons. The maximum atomic E-state index is 14.5. The smallest absolute Gasteiger partial charge is 0.165 e. The Kier molecular flexibility index (Phi) is 7.52. The van der Waals surface area contributed by atoms with Crippen LogP contribution < -0.4 is 9.64 Å². The van der Waals surface area contributed by atoms with E-state index in [0.29, 0.717) is 29.4 Å². The number of ether oxygens (including phenoxy) is 2. The van der Waals surface area contributed by atoms with Crippen LogP contribution in [0.5, 0.6) is 5.75 Å². The number of halogens is 3. The SMILES string of the molecule is N#Cc1cc2nc(CN3CCN(c4ccc(F)c(OCc5ccc(Cl)cc5F)c4)CC3)n(CC3CCO3)c2cn1. The molecule has 0 spiro atoms. The van der Waals surface area contributed by atoms with Crippen LogP contribution in [-0.4, -0.2) is 58.3 Å². The molecule has 6 rings (SSSR count). The lowest BCUT2D eigenvalue weighted by Crippen LogP contribution is -2.46. The third-order valence-corrected chi connectivity index (χ3v) is 7.66. The maximum Gasteiger partial charge on any atom is 0.165 e. The van der Waals surface area contributed by atoms with Gasteiger partial charge in [-0.15, -0.1) is 0 Å². The summed E-state index contributed by atoms with van der Waals surface area (Å²) >= 11 is 5.81. The van der Waals surface area contributed by atoms with E-state index >= 15 is 0 Å². The number of imidazole rings is 1. The van der Waals surface area contributed by atoms with Crippen LogP contribution in [0.4, 0.5) is 14.5 Å². The van der Waals surface area contributed by atoms with Gasteiger partial charge >= 0.3 is 0 Å². The highest BCUT2D eigenvalue weighted by atomic mass is 35.5. The Labute approximate surface area is 235 Å². The van der Waals surface area contributed by atoms with Crippen LogP contribution in [0.2, 0.25) is 5.02 Å². The summed E-state index contributed by atoms with van der Waals surface area (Å²) in [6.45, 7) is 5.09. The Morgan fingerprint density at radius 2 is 1.90 bits per heavy atom. The number of pyridine rings is 1. The zero-order valence-electron chi connectivity index (χ0n) is 21.7. The molecule has 2 aromatic heterocycles.